The maximum Gasteiger partial charge on any atom is 0.217 e. The molecule has 1 amide bonds. The quantitative estimate of drug-likeness (QED) is 0.688. The SMILES string of the molecule is COc1ccc(-c2nn(C)c3c(N4CC[C@@H](NC(C)=O)C4)nc(C)nc23)cc1OC. The van der Waals surface area contributed by atoms with Crippen LogP contribution in [0.4, 0.5) is 5.82 Å². The maximum atomic E-state index is 11.4. The monoisotopic (exact) mass is 410 g/mol. The first-order valence-electron chi connectivity index (χ1n) is 9.87. The molecule has 0 spiro atoms. The fraction of sp³-hybridized carbons (Fsp3) is 0.429. The van der Waals surface area contributed by atoms with E-state index in [1.165, 1.54) is 0 Å². The second-order valence-electron chi connectivity index (χ2n) is 7.47. The molecule has 1 aliphatic heterocycles. The number of carbonyl (C=O) groups excluding carboxylic acids is 1. The lowest BCUT2D eigenvalue weighted by atomic mass is 10.1. The van der Waals surface area contributed by atoms with Gasteiger partial charge in [-0.3, -0.25) is 9.48 Å². The van der Waals surface area contributed by atoms with E-state index in [9.17, 15) is 4.79 Å². The second-order valence-corrected chi connectivity index (χ2v) is 7.47. The molecule has 0 bridgehead atoms. The van der Waals surface area contributed by atoms with Crippen molar-refractivity contribution in [2.45, 2.75) is 26.3 Å². The average molecular weight is 410 g/mol. The zero-order valence-electron chi connectivity index (χ0n) is 17.9. The Morgan fingerprint density at radius 3 is 2.67 bits per heavy atom. The number of hydrogen-bond donors (Lipinski definition) is 1. The molecule has 1 N–H and O–H groups in total. The van der Waals surface area contributed by atoms with E-state index in [-0.39, 0.29) is 11.9 Å². The van der Waals surface area contributed by atoms with Crippen LogP contribution in [-0.2, 0) is 11.8 Å². The highest BCUT2D eigenvalue weighted by Crippen LogP contribution is 2.36. The molecular formula is C21H26N6O3. The largest absolute Gasteiger partial charge is 0.493 e. The molecule has 0 radical (unpaired) electrons. The van der Waals surface area contributed by atoms with Gasteiger partial charge < -0.3 is 19.7 Å². The van der Waals surface area contributed by atoms with Crippen LogP contribution in [0.1, 0.15) is 19.2 Å². The third kappa shape index (κ3) is 3.51. The summed E-state index contributed by atoms with van der Waals surface area (Å²) < 4.78 is 12.6. The first kappa shape index (κ1) is 19.9. The van der Waals surface area contributed by atoms with Gasteiger partial charge in [0.2, 0.25) is 5.91 Å². The number of ether oxygens (including phenoxy) is 2. The summed E-state index contributed by atoms with van der Waals surface area (Å²) in [7, 11) is 5.12. The van der Waals surface area contributed by atoms with Crippen LogP contribution < -0.4 is 19.7 Å². The maximum absolute atomic E-state index is 11.4. The summed E-state index contributed by atoms with van der Waals surface area (Å²) in [5.74, 6) is 2.80. The summed E-state index contributed by atoms with van der Waals surface area (Å²) >= 11 is 0. The van der Waals surface area contributed by atoms with Crippen molar-refractivity contribution < 1.29 is 14.3 Å². The minimum atomic E-state index is -0.0119. The molecule has 3 heterocycles. The van der Waals surface area contributed by atoms with E-state index in [2.05, 4.69) is 10.2 Å². The van der Waals surface area contributed by atoms with Crippen molar-refractivity contribution in [3.05, 3.63) is 24.0 Å². The van der Waals surface area contributed by atoms with Crippen LogP contribution in [0.15, 0.2) is 18.2 Å². The number of fused-ring (bicyclic) bond motifs is 1. The van der Waals surface area contributed by atoms with Gasteiger partial charge in [-0.1, -0.05) is 0 Å². The van der Waals surface area contributed by atoms with Gasteiger partial charge in [-0.2, -0.15) is 5.10 Å². The minimum absolute atomic E-state index is 0.0119. The molecule has 30 heavy (non-hydrogen) atoms. The molecule has 9 heteroatoms. The minimum Gasteiger partial charge on any atom is -0.493 e. The van der Waals surface area contributed by atoms with Crippen LogP contribution in [-0.4, -0.2) is 59.0 Å². The number of nitrogens with one attached hydrogen (secondary N) is 1. The lowest BCUT2D eigenvalue weighted by Crippen LogP contribution is -2.35. The molecule has 3 aromatic rings. The molecule has 9 nitrogen and oxygen atoms in total. The number of anilines is 1. The molecule has 0 aliphatic carbocycles. The van der Waals surface area contributed by atoms with Gasteiger partial charge in [-0.05, 0) is 31.5 Å². The fourth-order valence-corrected chi connectivity index (χ4v) is 4.02. The number of rotatable bonds is 5. The number of nitrogens with zero attached hydrogens (tertiary/aromatic N) is 5. The first-order valence-corrected chi connectivity index (χ1v) is 9.87. The molecular weight excluding hydrogens is 384 g/mol. The van der Waals surface area contributed by atoms with Gasteiger partial charge in [0.15, 0.2) is 17.3 Å². The van der Waals surface area contributed by atoms with Crippen LogP contribution in [0.25, 0.3) is 22.3 Å². The molecule has 1 aliphatic rings. The Morgan fingerprint density at radius 2 is 1.97 bits per heavy atom. The van der Waals surface area contributed by atoms with E-state index in [4.69, 9.17) is 24.5 Å². The topological polar surface area (TPSA) is 94.4 Å². The summed E-state index contributed by atoms with van der Waals surface area (Å²) in [4.78, 5) is 23.1. The smallest absolute Gasteiger partial charge is 0.217 e. The lowest BCUT2D eigenvalue weighted by Gasteiger charge is -2.19. The van der Waals surface area contributed by atoms with E-state index in [0.29, 0.717) is 23.9 Å². The number of carbonyl (C=O) groups is 1. The Morgan fingerprint density at radius 1 is 1.20 bits per heavy atom. The van der Waals surface area contributed by atoms with E-state index in [0.717, 1.165) is 41.1 Å². The van der Waals surface area contributed by atoms with Crippen LogP contribution >= 0.6 is 0 Å². The van der Waals surface area contributed by atoms with Gasteiger partial charge in [-0.25, -0.2) is 9.97 Å². The third-order valence-electron chi connectivity index (χ3n) is 5.33. The summed E-state index contributed by atoms with van der Waals surface area (Å²) in [5, 5.41) is 7.75. The summed E-state index contributed by atoms with van der Waals surface area (Å²) in [6.45, 7) is 4.96. The van der Waals surface area contributed by atoms with Gasteiger partial charge in [0, 0.05) is 38.7 Å². The Balaban J connectivity index is 1.80. The normalized spacial score (nSPS) is 16.2. The second kappa shape index (κ2) is 7.81. The Bertz CT molecular complexity index is 1110. The summed E-state index contributed by atoms with van der Waals surface area (Å²) in [6.07, 6.45) is 0.879. The fourth-order valence-electron chi connectivity index (χ4n) is 4.02. The average Bonchev–Trinajstić information content (AvgIpc) is 3.31. The van der Waals surface area contributed by atoms with Crippen LogP contribution in [0.5, 0.6) is 11.5 Å². The van der Waals surface area contributed by atoms with Gasteiger partial charge in [0.25, 0.3) is 0 Å². The summed E-state index contributed by atoms with van der Waals surface area (Å²) in [6, 6.07) is 5.83. The van der Waals surface area contributed by atoms with Gasteiger partial charge in [0.05, 0.1) is 14.2 Å². The first-order chi connectivity index (χ1) is 14.4. The molecule has 1 aromatic carbocycles. The highest BCUT2D eigenvalue weighted by Gasteiger charge is 2.28. The predicted octanol–water partition coefficient (Wildman–Crippen LogP) is 2.07. The van der Waals surface area contributed by atoms with Gasteiger partial charge >= 0.3 is 0 Å². The van der Waals surface area contributed by atoms with E-state index < -0.39 is 0 Å². The van der Waals surface area contributed by atoms with E-state index >= 15 is 0 Å². The molecule has 1 atom stereocenters. The number of amides is 1. The third-order valence-corrected chi connectivity index (χ3v) is 5.33. The molecule has 0 unspecified atom stereocenters. The molecule has 2 aromatic heterocycles. The molecule has 1 fully saturated rings. The van der Waals surface area contributed by atoms with Crippen LogP contribution in [0, 0.1) is 6.92 Å². The van der Waals surface area contributed by atoms with Crippen molar-refractivity contribution in [2.75, 3.05) is 32.2 Å². The molecule has 1 saturated heterocycles. The Labute approximate surface area is 175 Å². The van der Waals surface area contributed by atoms with Gasteiger partial charge in [-0.15, -0.1) is 0 Å². The van der Waals surface area contributed by atoms with Crippen molar-refractivity contribution in [1.82, 2.24) is 25.1 Å². The highest BCUT2D eigenvalue weighted by atomic mass is 16.5. The number of aromatic nitrogens is 4. The van der Waals surface area contributed by atoms with Crippen molar-refractivity contribution in [1.29, 1.82) is 0 Å². The zero-order chi connectivity index (χ0) is 21.4. The predicted molar refractivity (Wildman–Crippen MR) is 114 cm³/mol. The Kier molecular flexibility index (Phi) is 5.19. The van der Waals surface area contributed by atoms with Crippen molar-refractivity contribution in [3.8, 4) is 22.8 Å². The number of aryl methyl sites for hydroxylation is 2. The standard InChI is InChI=1S/C21H26N6O3/c1-12-22-19-18(14-6-7-16(29-4)17(10-14)30-5)25-26(3)20(19)21(23-12)27-9-8-15(11-27)24-13(2)28/h6-7,10,15H,8-9,11H2,1-5H3,(H,24,28)/t15-/m1/s1. The van der Waals surface area contributed by atoms with Crippen LogP contribution in [0.3, 0.4) is 0 Å². The number of hydrogen-bond acceptors (Lipinski definition) is 7. The summed E-state index contributed by atoms with van der Waals surface area (Å²) in [5.41, 5.74) is 3.31. The van der Waals surface area contributed by atoms with Crippen LogP contribution in [0.2, 0.25) is 0 Å². The van der Waals surface area contributed by atoms with Crippen molar-refractivity contribution >= 4 is 22.8 Å². The number of methoxy groups -OCH3 is 2. The zero-order valence-corrected chi connectivity index (χ0v) is 17.9. The van der Waals surface area contributed by atoms with Gasteiger partial charge in [0.1, 0.15) is 22.6 Å². The molecule has 158 valence electrons. The van der Waals surface area contributed by atoms with E-state index in [1.807, 2.05) is 36.9 Å². The molecule has 4 rings (SSSR count). The highest BCUT2D eigenvalue weighted by molar-refractivity contribution is 5.96. The Hall–Kier alpha value is -3.36. The lowest BCUT2D eigenvalue weighted by molar-refractivity contribution is -0.119. The number of benzene rings is 1. The van der Waals surface area contributed by atoms with E-state index in [1.54, 1.807) is 21.1 Å². The van der Waals surface area contributed by atoms with Crippen molar-refractivity contribution in [3.63, 3.8) is 0 Å². The van der Waals surface area contributed by atoms with Crippen molar-refractivity contribution in [2.24, 2.45) is 7.05 Å². The molecule has 0 saturated carbocycles.